The Labute approximate surface area is 101 Å². The van der Waals surface area contributed by atoms with E-state index < -0.39 is 10.9 Å². The second-order valence-electron chi connectivity index (χ2n) is 3.65. The zero-order valence-electron chi connectivity index (χ0n) is 9.36. The van der Waals surface area contributed by atoms with Gasteiger partial charge in [-0.15, -0.1) is 0 Å². The number of carboxylic acids is 1. The van der Waals surface area contributed by atoms with E-state index in [1.807, 2.05) is 0 Å². The molecule has 8 nitrogen and oxygen atoms in total. The van der Waals surface area contributed by atoms with Crippen LogP contribution in [0.5, 0.6) is 0 Å². The van der Waals surface area contributed by atoms with Crippen LogP contribution in [0.2, 0.25) is 0 Å². The summed E-state index contributed by atoms with van der Waals surface area (Å²) in [4.78, 5) is 24.2. The summed E-state index contributed by atoms with van der Waals surface area (Å²) in [6.45, 7) is 1.73. The van der Waals surface area contributed by atoms with Crippen molar-refractivity contribution in [2.24, 2.45) is 0 Å². The number of nitro groups is 1. The number of nitrogens with zero attached hydrogens (tertiary/aromatic N) is 3. The Morgan fingerprint density at radius 1 is 1.67 bits per heavy atom. The molecule has 0 aliphatic carbocycles. The van der Waals surface area contributed by atoms with Crippen molar-refractivity contribution in [1.29, 1.82) is 0 Å². The molecule has 94 valence electrons. The van der Waals surface area contributed by atoms with E-state index in [0.717, 1.165) is 0 Å². The Balaban J connectivity index is 2.20. The summed E-state index contributed by atoms with van der Waals surface area (Å²) >= 11 is 0. The van der Waals surface area contributed by atoms with Crippen molar-refractivity contribution in [3.05, 3.63) is 45.8 Å². The van der Waals surface area contributed by atoms with Gasteiger partial charge in [-0.2, -0.15) is 0 Å². The van der Waals surface area contributed by atoms with E-state index in [4.69, 9.17) is 9.52 Å². The third kappa shape index (κ3) is 2.21. The Morgan fingerprint density at radius 2 is 2.39 bits per heavy atom. The highest BCUT2D eigenvalue weighted by atomic mass is 16.6. The van der Waals surface area contributed by atoms with Crippen LogP contribution in [-0.4, -0.2) is 25.6 Å². The number of imidazole rings is 1. The predicted molar refractivity (Wildman–Crippen MR) is 58.4 cm³/mol. The van der Waals surface area contributed by atoms with E-state index in [-0.39, 0.29) is 17.9 Å². The van der Waals surface area contributed by atoms with Crippen molar-refractivity contribution in [3.63, 3.8) is 0 Å². The van der Waals surface area contributed by atoms with Gasteiger partial charge >= 0.3 is 11.8 Å². The molecule has 0 saturated carbocycles. The lowest BCUT2D eigenvalue weighted by atomic mass is 10.2. The van der Waals surface area contributed by atoms with Gasteiger partial charge in [0.1, 0.15) is 23.3 Å². The monoisotopic (exact) mass is 251 g/mol. The van der Waals surface area contributed by atoms with Gasteiger partial charge in [0.25, 0.3) is 0 Å². The standard InChI is InChI=1S/C10H9N3O5/c1-6-8(10(14)15)2-7(18-6)3-12-4-9(11-5-12)13(16)17/h2,4-5H,3H2,1H3,(H,14,15). The Kier molecular flexibility index (Phi) is 2.84. The second-order valence-corrected chi connectivity index (χ2v) is 3.65. The van der Waals surface area contributed by atoms with Gasteiger partial charge in [-0.1, -0.05) is 0 Å². The smallest absolute Gasteiger partial charge is 0.381 e. The average molecular weight is 251 g/mol. The van der Waals surface area contributed by atoms with Gasteiger partial charge in [0.05, 0.1) is 6.54 Å². The molecular formula is C10H9N3O5. The van der Waals surface area contributed by atoms with Gasteiger partial charge < -0.3 is 24.2 Å². The number of rotatable bonds is 4. The van der Waals surface area contributed by atoms with Crippen molar-refractivity contribution in [2.45, 2.75) is 13.5 Å². The van der Waals surface area contributed by atoms with Crippen molar-refractivity contribution in [3.8, 4) is 0 Å². The summed E-state index contributed by atoms with van der Waals surface area (Å²) in [5, 5.41) is 19.3. The zero-order chi connectivity index (χ0) is 13.3. The first-order chi connectivity index (χ1) is 8.47. The summed E-state index contributed by atoms with van der Waals surface area (Å²) < 4.78 is 6.70. The van der Waals surface area contributed by atoms with Crippen LogP contribution in [0.1, 0.15) is 21.9 Å². The number of hydrogen-bond acceptors (Lipinski definition) is 5. The molecule has 0 bridgehead atoms. The minimum absolute atomic E-state index is 0.0830. The molecule has 0 unspecified atom stereocenters. The normalized spacial score (nSPS) is 10.5. The Hall–Kier alpha value is -2.64. The lowest BCUT2D eigenvalue weighted by Gasteiger charge is -1.94. The Bertz CT molecular complexity index is 613. The Morgan fingerprint density at radius 3 is 2.89 bits per heavy atom. The number of aromatic nitrogens is 2. The molecule has 8 heteroatoms. The lowest BCUT2D eigenvalue weighted by molar-refractivity contribution is -0.389. The van der Waals surface area contributed by atoms with Crippen LogP contribution < -0.4 is 0 Å². The van der Waals surface area contributed by atoms with Crippen LogP contribution in [0, 0.1) is 17.0 Å². The molecule has 2 rings (SSSR count). The zero-order valence-corrected chi connectivity index (χ0v) is 9.36. The predicted octanol–water partition coefficient (Wildman–Crippen LogP) is 1.44. The van der Waals surface area contributed by atoms with Crippen molar-refractivity contribution in [1.82, 2.24) is 9.55 Å². The third-order valence-corrected chi connectivity index (χ3v) is 2.34. The summed E-state index contributed by atoms with van der Waals surface area (Å²) in [5.74, 6) is -0.639. The molecule has 0 amide bonds. The van der Waals surface area contributed by atoms with E-state index in [1.165, 1.54) is 23.2 Å². The van der Waals surface area contributed by atoms with Crippen LogP contribution in [-0.2, 0) is 6.54 Å². The van der Waals surface area contributed by atoms with Crippen LogP contribution in [0.15, 0.2) is 23.0 Å². The van der Waals surface area contributed by atoms with Crippen LogP contribution in [0.25, 0.3) is 0 Å². The summed E-state index contributed by atoms with van der Waals surface area (Å²) in [6, 6.07) is 1.39. The molecule has 0 fully saturated rings. The minimum atomic E-state index is -1.07. The number of aromatic carboxylic acids is 1. The maximum atomic E-state index is 10.8. The number of carboxylic acid groups (broad SMARTS) is 1. The molecule has 0 radical (unpaired) electrons. The molecule has 18 heavy (non-hydrogen) atoms. The number of carbonyl (C=O) groups is 1. The van der Waals surface area contributed by atoms with Gasteiger partial charge in [-0.25, -0.2) is 4.79 Å². The fraction of sp³-hybridized carbons (Fsp3) is 0.200. The molecular weight excluding hydrogens is 242 g/mol. The quantitative estimate of drug-likeness (QED) is 0.650. The first kappa shape index (κ1) is 11.8. The molecule has 0 aliphatic rings. The van der Waals surface area contributed by atoms with E-state index in [1.54, 1.807) is 6.92 Å². The fourth-order valence-electron chi connectivity index (χ4n) is 1.54. The number of hydrogen-bond donors (Lipinski definition) is 1. The maximum Gasteiger partial charge on any atom is 0.381 e. The number of furan rings is 1. The molecule has 0 saturated heterocycles. The van der Waals surface area contributed by atoms with Gasteiger partial charge in [0, 0.05) is 0 Å². The highest BCUT2D eigenvalue weighted by molar-refractivity contribution is 5.88. The highest BCUT2D eigenvalue weighted by Gasteiger charge is 2.15. The first-order valence-electron chi connectivity index (χ1n) is 4.96. The molecule has 0 aromatic carbocycles. The van der Waals surface area contributed by atoms with Gasteiger partial charge in [-0.3, -0.25) is 0 Å². The molecule has 2 aromatic rings. The molecule has 0 spiro atoms. The average Bonchev–Trinajstić information content (AvgIpc) is 2.86. The topological polar surface area (TPSA) is 111 Å². The molecule has 2 aromatic heterocycles. The van der Waals surface area contributed by atoms with Crippen LogP contribution in [0.3, 0.4) is 0 Å². The third-order valence-electron chi connectivity index (χ3n) is 2.34. The van der Waals surface area contributed by atoms with Gasteiger partial charge in [0.2, 0.25) is 6.33 Å². The van der Waals surface area contributed by atoms with Crippen molar-refractivity contribution in [2.75, 3.05) is 0 Å². The van der Waals surface area contributed by atoms with Crippen LogP contribution in [0.4, 0.5) is 5.82 Å². The lowest BCUT2D eigenvalue weighted by Crippen LogP contribution is -1.96. The van der Waals surface area contributed by atoms with Crippen LogP contribution >= 0.6 is 0 Å². The van der Waals surface area contributed by atoms with Crippen molar-refractivity contribution >= 4 is 11.8 Å². The summed E-state index contributed by atoms with van der Waals surface area (Å²) in [7, 11) is 0. The van der Waals surface area contributed by atoms with Gasteiger partial charge in [0.15, 0.2) is 0 Å². The van der Waals surface area contributed by atoms with Crippen molar-refractivity contribution < 1.29 is 19.2 Å². The van der Waals surface area contributed by atoms with E-state index in [0.29, 0.717) is 11.5 Å². The fourth-order valence-corrected chi connectivity index (χ4v) is 1.54. The second kappa shape index (κ2) is 4.32. The molecule has 0 aliphatic heterocycles. The SMILES string of the molecule is Cc1oc(Cn2cnc([N+](=O)[O-])c2)cc1C(=O)O. The van der Waals surface area contributed by atoms with E-state index in [2.05, 4.69) is 4.98 Å². The molecule has 1 N–H and O–H groups in total. The molecule has 0 atom stereocenters. The van der Waals surface area contributed by atoms with Gasteiger partial charge in [-0.05, 0) is 22.9 Å². The molecule has 2 heterocycles. The highest BCUT2D eigenvalue weighted by Crippen LogP contribution is 2.16. The summed E-state index contributed by atoms with van der Waals surface area (Å²) in [6.07, 6.45) is 2.54. The first-order valence-corrected chi connectivity index (χ1v) is 4.96. The number of aryl methyl sites for hydroxylation is 1. The minimum Gasteiger partial charge on any atom is -0.478 e. The maximum absolute atomic E-state index is 10.8. The largest absolute Gasteiger partial charge is 0.478 e. The van der Waals surface area contributed by atoms with E-state index >= 15 is 0 Å². The van der Waals surface area contributed by atoms with E-state index in [9.17, 15) is 14.9 Å². The summed E-state index contributed by atoms with van der Waals surface area (Å²) in [5.41, 5.74) is 0.0830.